The molecule has 21 heavy (non-hydrogen) atoms. The summed E-state index contributed by atoms with van der Waals surface area (Å²) in [4.78, 5) is 0. The van der Waals surface area contributed by atoms with Crippen LogP contribution in [0.1, 0.15) is 36.8 Å². The lowest BCUT2D eigenvalue weighted by Gasteiger charge is -2.37. The van der Waals surface area contributed by atoms with Crippen LogP contribution in [0.4, 0.5) is 10.1 Å². The number of aryl methyl sites for hydroxylation is 1. The van der Waals surface area contributed by atoms with Crippen molar-refractivity contribution in [3.63, 3.8) is 0 Å². The highest BCUT2D eigenvalue weighted by Crippen LogP contribution is 2.39. The van der Waals surface area contributed by atoms with Gasteiger partial charge in [0.25, 0.3) is 0 Å². The minimum absolute atomic E-state index is 0.134. The van der Waals surface area contributed by atoms with Crippen molar-refractivity contribution in [1.82, 2.24) is 0 Å². The summed E-state index contributed by atoms with van der Waals surface area (Å²) in [7, 11) is 0. The van der Waals surface area contributed by atoms with Gasteiger partial charge in [0.05, 0.1) is 0 Å². The molecular weight excluding hydrogens is 329 g/mol. The van der Waals surface area contributed by atoms with Gasteiger partial charge in [-0.05, 0) is 66.6 Å². The van der Waals surface area contributed by atoms with Crippen LogP contribution in [0.15, 0.2) is 46.9 Å². The SMILES string of the molecule is CCc1cc(Br)ccc1NC1CC(c2cccc(F)c2)C1. The summed E-state index contributed by atoms with van der Waals surface area (Å²) in [5.41, 5.74) is 3.68. The van der Waals surface area contributed by atoms with E-state index in [1.165, 1.54) is 17.3 Å². The van der Waals surface area contributed by atoms with E-state index in [0.29, 0.717) is 12.0 Å². The van der Waals surface area contributed by atoms with Gasteiger partial charge in [-0.2, -0.15) is 0 Å². The second-order valence-corrected chi connectivity index (χ2v) is 6.64. The maximum atomic E-state index is 13.2. The monoisotopic (exact) mass is 347 g/mol. The Bertz CT molecular complexity index is 635. The molecule has 0 atom stereocenters. The minimum Gasteiger partial charge on any atom is -0.382 e. The first kappa shape index (κ1) is 14.6. The summed E-state index contributed by atoms with van der Waals surface area (Å²) >= 11 is 3.52. The average molecular weight is 348 g/mol. The molecule has 1 nitrogen and oxygen atoms in total. The molecule has 0 bridgehead atoms. The summed E-state index contributed by atoms with van der Waals surface area (Å²) in [5, 5.41) is 3.62. The van der Waals surface area contributed by atoms with Gasteiger partial charge in [0, 0.05) is 16.2 Å². The number of halogens is 2. The number of anilines is 1. The van der Waals surface area contributed by atoms with Gasteiger partial charge in [-0.15, -0.1) is 0 Å². The Balaban J connectivity index is 1.62. The molecule has 1 aliphatic carbocycles. The molecule has 0 aliphatic heterocycles. The summed E-state index contributed by atoms with van der Waals surface area (Å²) in [6, 6.07) is 13.9. The summed E-state index contributed by atoms with van der Waals surface area (Å²) in [5.74, 6) is 0.351. The summed E-state index contributed by atoms with van der Waals surface area (Å²) in [6.07, 6.45) is 3.16. The number of benzene rings is 2. The number of hydrogen-bond acceptors (Lipinski definition) is 1. The third kappa shape index (κ3) is 3.29. The molecule has 2 aromatic rings. The van der Waals surface area contributed by atoms with Gasteiger partial charge in [0.2, 0.25) is 0 Å². The Morgan fingerprint density at radius 1 is 1.19 bits per heavy atom. The minimum atomic E-state index is -0.134. The third-order valence-electron chi connectivity index (χ3n) is 4.27. The second kappa shape index (κ2) is 6.18. The van der Waals surface area contributed by atoms with E-state index in [-0.39, 0.29) is 5.82 Å². The van der Waals surface area contributed by atoms with Crippen molar-refractivity contribution in [2.75, 3.05) is 5.32 Å². The van der Waals surface area contributed by atoms with Gasteiger partial charge in [-0.25, -0.2) is 4.39 Å². The molecule has 0 aromatic heterocycles. The Hall–Kier alpha value is -1.35. The van der Waals surface area contributed by atoms with E-state index in [9.17, 15) is 4.39 Å². The van der Waals surface area contributed by atoms with Crippen LogP contribution in [0.3, 0.4) is 0 Å². The maximum Gasteiger partial charge on any atom is 0.123 e. The summed E-state index contributed by atoms with van der Waals surface area (Å²) < 4.78 is 14.4. The first-order valence-electron chi connectivity index (χ1n) is 7.46. The van der Waals surface area contributed by atoms with E-state index in [2.05, 4.69) is 46.4 Å². The first-order chi connectivity index (χ1) is 10.2. The highest BCUT2D eigenvalue weighted by molar-refractivity contribution is 9.10. The lowest BCUT2D eigenvalue weighted by Crippen LogP contribution is -2.34. The van der Waals surface area contributed by atoms with Crippen molar-refractivity contribution in [3.05, 3.63) is 63.9 Å². The van der Waals surface area contributed by atoms with Crippen LogP contribution in [-0.2, 0) is 6.42 Å². The third-order valence-corrected chi connectivity index (χ3v) is 4.76. The zero-order valence-corrected chi connectivity index (χ0v) is 13.7. The molecule has 0 amide bonds. The molecule has 3 heteroatoms. The summed E-state index contributed by atoms with van der Waals surface area (Å²) in [6.45, 7) is 2.17. The van der Waals surface area contributed by atoms with Crippen LogP contribution in [0.5, 0.6) is 0 Å². The van der Waals surface area contributed by atoms with Gasteiger partial charge < -0.3 is 5.32 Å². The smallest absolute Gasteiger partial charge is 0.123 e. The average Bonchev–Trinajstić information content (AvgIpc) is 2.43. The Labute approximate surface area is 133 Å². The van der Waals surface area contributed by atoms with Crippen molar-refractivity contribution in [3.8, 4) is 0 Å². The van der Waals surface area contributed by atoms with E-state index in [0.717, 1.165) is 29.3 Å². The predicted octanol–water partition coefficient (Wildman–Crippen LogP) is 5.51. The lowest BCUT2D eigenvalue weighted by atomic mass is 9.75. The standard InChI is InChI=1S/C18H19BrFN/c1-2-12-8-15(19)6-7-18(12)21-17-10-14(11-17)13-4-3-5-16(20)9-13/h3-9,14,17,21H,2,10-11H2,1H3. The molecule has 3 rings (SSSR count). The number of nitrogens with one attached hydrogen (secondary N) is 1. The molecule has 1 N–H and O–H groups in total. The van der Waals surface area contributed by atoms with Gasteiger partial charge in [-0.3, -0.25) is 0 Å². The van der Waals surface area contributed by atoms with Crippen LogP contribution in [0.2, 0.25) is 0 Å². The first-order valence-corrected chi connectivity index (χ1v) is 8.25. The Kier molecular flexibility index (Phi) is 4.29. The highest BCUT2D eigenvalue weighted by Gasteiger charge is 2.30. The lowest BCUT2D eigenvalue weighted by molar-refractivity contribution is 0.373. The van der Waals surface area contributed by atoms with E-state index < -0.39 is 0 Å². The molecule has 0 spiro atoms. The number of rotatable bonds is 4. The molecule has 1 fully saturated rings. The van der Waals surface area contributed by atoms with Crippen LogP contribution in [0, 0.1) is 5.82 Å². The van der Waals surface area contributed by atoms with Crippen LogP contribution in [-0.4, -0.2) is 6.04 Å². The molecular formula is C18H19BrFN. The molecule has 110 valence electrons. The fourth-order valence-corrected chi connectivity index (χ4v) is 3.39. The topological polar surface area (TPSA) is 12.0 Å². The normalized spacial score (nSPS) is 20.9. The zero-order valence-electron chi connectivity index (χ0n) is 12.1. The molecule has 2 aromatic carbocycles. The molecule has 0 radical (unpaired) electrons. The van der Waals surface area contributed by atoms with Crippen molar-refractivity contribution in [1.29, 1.82) is 0 Å². The maximum absolute atomic E-state index is 13.2. The zero-order chi connectivity index (χ0) is 14.8. The predicted molar refractivity (Wildman–Crippen MR) is 89.3 cm³/mol. The van der Waals surface area contributed by atoms with Crippen molar-refractivity contribution < 1.29 is 4.39 Å². The molecule has 0 saturated heterocycles. The van der Waals surface area contributed by atoms with Gasteiger partial charge in [-0.1, -0.05) is 35.0 Å². The Morgan fingerprint density at radius 3 is 2.71 bits per heavy atom. The van der Waals surface area contributed by atoms with Crippen molar-refractivity contribution in [2.45, 2.75) is 38.1 Å². The fraction of sp³-hybridized carbons (Fsp3) is 0.333. The van der Waals surface area contributed by atoms with Gasteiger partial charge in [0.1, 0.15) is 5.82 Å². The van der Waals surface area contributed by atoms with Crippen LogP contribution in [0.25, 0.3) is 0 Å². The molecule has 0 unspecified atom stereocenters. The van der Waals surface area contributed by atoms with Crippen LogP contribution < -0.4 is 5.32 Å². The van der Waals surface area contributed by atoms with E-state index in [1.807, 2.05) is 6.07 Å². The van der Waals surface area contributed by atoms with E-state index in [4.69, 9.17) is 0 Å². The molecule has 1 saturated carbocycles. The van der Waals surface area contributed by atoms with E-state index >= 15 is 0 Å². The molecule has 0 heterocycles. The van der Waals surface area contributed by atoms with Crippen molar-refractivity contribution >= 4 is 21.6 Å². The van der Waals surface area contributed by atoms with E-state index in [1.54, 1.807) is 12.1 Å². The largest absolute Gasteiger partial charge is 0.382 e. The quantitative estimate of drug-likeness (QED) is 0.768. The fourth-order valence-electron chi connectivity index (χ4n) is 2.98. The van der Waals surface area contributed by atoms with Gasteiger partial charge >= 0.3 is 0 Å². The van der Waals surface area contributed by atoms with Gasteiger partial charge in [0.15, 0.2) is 0 Å². The number of hydrogen-bond donors (Lipinski definition) is 1. The highest BCUT2D eigenvalue weighted by atomic mass is 79.9. The Morgan fingerprint density at radius 2 is 2.00 bits per heavy atom. The second-order valence-electron chi connectivity index (χ2n) is 5.72. The molecule has 1 aliphatic rings. The van der Waals surface area contributed by atoms with Crippen molar-refractivity contribution in [2.24, 2.45) is 0 Å². The van der Waals surface area contributed by atoms with Crippen LogP contribution >= 0.6 is 15.9 Å².